The molecule has 1 aliphatic rings. The highest BCUT2D eigenvalue weighted by Crippen LogP contribution is 2.24. The van der Waals surface area contributed by atoms with E-state index < -0.39 is 23.3 Å². The quantitative estimate of drug-likeness (QED) is 0.606. The molecule has 1 aromatic rings. The first-order valence-electron chi connectivity index (χ1n) is 7.48. The Morgan fingerprint density at radius 3 is 2.58 bits per heavy atom. The van der Waals surface area contributed by atoms with Gasteiger partial charge in [-0.3, -0.25) is 9.59 Å². The SMILES string of the molecule is COCC1CC(=CN(C)C)C(=O)C(=O)N1Cc1ccc(F)c(F)c1. The predicted molar refractivity (Wildman–Crippen MR) is 84.0 cm³/mol. The summed E-state index contributed by atoms with van der Waals surface area (Å²) in [5.41, 5.74) is 0.824. The van der Waals surface area contributed by atoms with Crippen LogP contribution in [-0.4, -0.2) is 55.3 Å². The molecule has 130 valence electrons. The smallest absolute Gasteiger partial charge is 0.295 e. The number of likely N-dealkylation sites (tertiary alicyclic amines) is 1. The molecule has 2 rings (SSSR count). The van der Waals surface area contributed by atoms with Gasteiger partial charge >= 0.3 is 0 Å². The Morgan fingerprint density at radius 1 is 1.29 bits per heavy atom. The number of amides is 1. The lowest BCUT2D eigenvalue weighted by Gasteiger charge is -2.35. The highest BCUT2D eigenvalue weighted by atomic mass is 19.2. The molecule has 5 nitrogen and oxygen atoms in total. The van der Waals surface area contributed by atoms with E-state index in [1.807, 2.05) is 0 Å². The second-order valence-corrected chi connectivity index (χ2v) is 5.94. The van der Waals surface area contributed by atoms with Gasteiger partial charge in [-0.05, 0) is 17.7 Å². The number of piperidine rings is 1. The average molecular weight is 338 g/mol. The van der Waals surface area contributed by atoms with Gasteiger partial charge in [0.2, 0.25) is 5.78 Å². The largest absolute Gasteiger partial charge is 0.383 e. The van der Waals surface area contributed by atoms with Crippen LogP contribution < -0.4 is 0 Å². The van der Waals surface area contributed by atoms with Crippen LogP contribution in [0.5, 0.6) is 0 Å². The molecule has 1 unspecified atom stereocenters. The van der Waals surface area contributed by atoms with Crippen molar-refractivity contribution in [3.8, 4) is 0 Å². The third-order valence-corrected chi connectivity index (χ3v) is 3.75. The van der Waals surface area contributed by atoms with Gasteiger partial charge in [-0.25, -0.2) is 8.78 Å². The van der Waals surface area contributed by atoms with Gasteiger partial charge in [0.1, 0.15) is 0 Å². The molecule has 0 bridgehead atoms. The second-order valence-electron chi connectivity index (χ2n) is 5.94. The van der Waals surface area contributed by atoms with Crippen molar-refractivity contribution in [3.05, 3.63) is 47.2 Å². The van der Waals surface area contributed by atoms with Gasteiger partial charge in [0.15, 0.2) is 11.6 Å². The fraction of sp³-hybridized carbons (Fsp3) is 0.412. The minimum Gasteiger partial charge on any atom is -0.383 e. The molecule has 24 heavy (non-hydrogen) atoms. The molecular weight excluding hydrogens is 318 g/mol. The number of ether oxygens (including phenoxy) is 1. The second kappa shape index (κ2) is 7.53. The average Bonchev–Trinajstić information content (AvgIpc) is 2.51. The maximum absolute atomic E-state index is 13.4. The summed E-state index contributed by atoms with van der Waals surface area (Å²) in [7, 11) is 5.04. The molecule has 7 heteroatoms. The summed E-state index contributed by atoms with van der Waals surface area (Å²) in [6.07, 6.45) is 1.97. The van der Waals surface area contributed by atoms with Crippen LogP contribution in [0.3, 0.4) is 0 Å². The first kappa shape index (κ1) is 18.1. The summed E-state index contributed by atoms with van der Waals surface area (Å²) < 4.78 is 31.6. The zero-order valence-corrected chi connectivity index (χ0v) is 13.9. The Bertz CT molecular complexity index is 674. The number of carbonyl (C=O) groups is 2. The van der Waals surface area contributed by atoms with E-state index in [9.17, 15) is 18.4 Å². The minimum atomic E-state index is -0.986. The van der Waals surface area contributed by atoms with Crippen LogP contribution in [0.2, 0.25) is 0 Å². The fourth-order valence-electron chi connectivity index (χ4n) is 2.69. The number of halogens is 2. The molecule has 1 amide bonds. The number of ketones is 1. The van der Waals surface area contributed by atoms with E-state index in [-0.39, 0.29) is 19.2 Å². The number of nitrogens with zero attached hydrogens (tertiary/aromatic N) is 2. The van der Waals surface area contributed by atoms with Crippen LogP contribution in [0.1, 0.15) is 12.0 Å². The number of hydrogen-bond donors (Lipinski definition) is 0. The van der Waals surface area contributed by atoms with Crippen molar-refractivity contribution in [2.45, 2.75) is 19.0 Å². The molecule has 0 spiro atoms. The standard InChI is InChI=1S/C17H20F2N2O3/c1-20(2)9-12-7-13(10-24-3)21(17(23)16(12)22)8-11-4-5-14(18)15(19)6-11/h4-6,9,13H,7-8,10H2,1-3H3. The maximum atomic E-state index is 13.4. The van der Waals surface area contributed by atoms with E-state index in [4.69, 9.17) is 4.74 Å². The van der Waals surface area contributed by atoms with Crippen molar-refractivity contribution < 1.29 is 23.1 Å². The normalized spacial score (nSPS) is 20.0. The van der Waals surface area contributed by atoms with Crippen LogP contribution >= 0.6 is 0 Å². The number of hydrogen-bond acceptors (Lipinski definition) is 4. The van der Waals surface area contributed by atoms with Crippen molar-refractivity contribution in [1.29, 1.82) is 0 Å². The van der Waals surface area contributed by atoms with Crippen molar-refractivity contribution in [2.24, 2.45) is 0 Å². The Kier molecular flexibility index (Phi) is 5.66. The van der Waals surface area contributed by atoms with Crippen molar-refractivity contribution in [3.63, 3.8) is 0 Å². The lowest BCUT2D eigenvalue weighted by Crippen LogP contribution is -2.50. The number of carbonyl (C=O) groups excluding carboxylic acids is 2. The van der Waals surface area contributed by atoms with Crippen molar-refractivity contribution in [2.75, 3.05) is 27.8 Å². The molecule has 1 fully saturated rings. The lowest BCUT2D eigenvalue weighted by atomic mass is 9.95. The Hall–Kier alpha value is -2.28. The number of benzene rings is 1. The van der Waals surface area contributed by atoms with Crippen LogP contribution in [0.4, 0.5) is 8.78 Å². The molecule has 1 saturated heterocycles. The molecule has 0 aromatic heterocycles. The molecule has 1 heterocycles. The Balaban J connectivity index is 2.27. The zero-order chi connectivity index (χ0) is 17.9. The van der Waals surface area contributed by atoms with Gasteiger partial charge in [-0.2, -0.15) is 0 Å². The van der Waals surface area contributed by atoms with Gasteiger partial charge in [-0.15, -0.1) is 0 Å². The number of Topliss-reactive ketones (excluding diaryl/α,β-unsaturated/α-hetero) is 1. The van der Waals surface area contributed by atoms with Crippen LogP contribution in [0.15, 0.2) is 30.0 Å². The van der Waals surface area contributed by atoms with Crippen LogP contribution in [-0.2, 0) is 20.9 Å². The molecule has 0 N–H and O–H groups in total. The molecule has 1 atom stereocenters. The molecule has 1 aromatic carbocycles. The van der Waals surface area contributed by atoms with Gasteiger partial charge in [0.05, 0.1) is 12.6 Å². The van der Waals surface area contributed by atoms with Gasteiger partial charge in [0, 0.05) is 45.9 Å². The first-order chi connectivity index (χ1) is 11.3. The van der Waals surface area contributed by atoms with E-state index in [1.54, 1.807) is 25.2 Å². The van der Waals surface area contributed by atoms with Crippen molar-refractivity contribution >= 4 is 11.7 Å². The maximum Gasteiger partial charge on any atom is 0.295 e. The van der Waals surface area contributed by atoms with Gasteiger partial charge in [0.25, 0.3) is 5.91 Å². The summed E-state index contributed by atoms with van der Waals surface area (Å²) in [4.78, 5) is 27.8. The monoisotopic (exact) mass is 338 g/mol. The third kappa shape index (κ3) is 3.97. The molecule has 0 radical (unpaired) electrons. The highest BCUT2D eigenvalue weighted by molar-refractivity contribution is 6.43. The van der Waals surface area contributed by atoms with E-state index in [0.717, 1.165) is 12.1 Å². The summed E-state index contributed by atoms with van der Waals surface area (Å²) in [6, 6.07) is 3.08. The third-order valence-electron chi connectivity index (χ3n) is 3.75. The van der Waals surface area contributed by atoms with E-state index >= 15 is 0 Å². The number of rotatable bonds is 5. The molecular formula is C17H20F2N2O3. The highest BCUT2D eigenvalue weighted by Gasteiger charge is 2.37. The van der Waals surface area contributed by atoms with Crippen molar-refractivity contribution in [1.82, 2.24) is 9.80 Å². The summed E-state index contributed by atoms with van der Waals surface area (Å²) in [5.74, 6) is -3.19. The van der Waals surface area contributed by atoms with Gasteiger partial charge in [-0.1, -0.05) is 6.07 Å². The summed E-state index contributed by atoms with van der Waals surface area (Å²) in [5, 5.41) is 0. The fourth-order valence-corrected chi connectivity index (χ4v) is 2.69. The van der Waals surface area contributed by atoms with Gasteiger partial charge < -0.3 is 14.5 Å². The topological polar surface area (TPSA) is 49.9 Å². The van der Waals surface area contributed by atoms with E-state index in [0.29, 0.717) is 17.6 Å². The summed E-state index contributed by atoms with van der Waals surface area (Å²) >= 11 is 0. The first-order valence-corrected chi connectivity index (χ1v) is 7.48. The van der Waals surface area contributed by atoms with E-state index in [2.05, 4.69) is 0 Å². The minimum absolute atomic E-state index is 0.0189. The molecule has 0 aliphatic carbocycles. The number of methoxy groups -OCH3 is 1. The van der Waals surface area contributed by atoms with E-state index in [1.165, 1.54) is 18.1 Å². The zero-order valence-electron chi connectivity index (χ0n) is 13.9. The van der Waals surface area contributed by atoms with Crippen LogP contribution in [0.25, 0.3) is 0 Å². The van der Waals surface area contributed by atoms with Crippen LogP contribution in [0, 0.1) is 11.6 Å². The lowest BCUT2D eigenvalue weighted by molar-refractivity contribution is -0.148. The molecule has 0 saturated carbocycles. The predicted octanol–water partition coefficient (Wildman–Crippen LogP) is 1.73. The Labute approximate surface area is 139 Å². The summed E-state index contributed by atoms with van der Waals surface area (Å²) in [6.45, 7) is 0.262. The molecule has 1 aliphatic heterocycles. The Morgan fingerprint density at radius 2 is 2.00 bits per heavy atom.